The fourth-order valence-corrected chi connectivity index (χ4v) is 2.69. The monoisotopic (exact) mass is 267 g/mol. The van der Waals surface area contributed by atoms with E-state index in [1.165, 1.54) is 11.3 Å². The first-order valence-corrected chi connectivity index (χ1v) is 6.67. The number of aromatic nitrogens is 2. The van der Waals surface area contributed by atoms with Gasteiger partial charge in [-0.25, -0.2) is 0 Å². The molecule has 0 saturated carbocycles. The summed E-state index contributed by atoms with van der Waals surface area (Å²) in [6.07, 6.45) is 0.864. The predicted molar refractivity (Wildman–Crippen MR) is 72.3 cm³/mol. The van der Waals surface area contributed by atoms with Gasteiger partial charge in [0.15, 0.2) is 0 Å². The summed E-state index contributed by atoms with van der Waals surface area (Å²) in [7, 11) is 0. The highest BCUT2D eigenvalue weighted by Crippen LogP contribution is 2.31. The van der Waals surface area contributed by atoms with E-state index in [9.17, 15) is 0 Å². The maximum Gasteiger partial charge on any atom is 0.148 e. The molecular weight excluding hydrogens is 254 g/mol. The van der Waals surface area contributed by atoms with Gasteiger partial charge in [-0.2, -0.15) is 0 Å². The lowest BCUT2D eigenvalue weighted by Gasteiger charge is -2.03. The van der Waals surface area contributed by atoms with Crippen LogP contribution in [0.15, 0.2) is 18.2 Å². The zero-order valence-corrected chi connectivity index (χ0v) is 11.3. The lowest BCUT2D eigenvalue weighted by molar-refractivity contribution is 0.683. The van der Waals surface area contributed by atoms with E-state index < -0.39 is 0 Å². The smallest absolute Gasteiger partial charge is 0.148 e. The number of nitrogens with two attached hydrogens (primary N) is 1. The number of nitrogens with zero attached hydrogens (tertiary/aromatic N) is 2. The van der Waals surface area contributed by atoms with Crippen molar-refractivity contribution >= 4 is 22.9 Å². The van der Waals surface area contributed by atoms with Gasteiger partial charge in [-0.1, -0.05) is 42.0 Å². The molecule has 3 nitrogen and oxygen atoms in total. The van der Waals surface area contributed by atoms with Crippen molar-refractivity contribution in [3.05, 3.63) is 33.8 Å². The van der Waals surface area contributed by atoms with Gasteiger partial charge in [0.05, 0.1) is 6.04 Å². The average Bonchev–Trinajstić information content (AvgIpc) is 2.81. The van der Waals surface area contributed by atoms with E-state index >= 15 is 0 Å². The Morgan fingerprint density at radius 3 is 2.88 bits per heavy atom. The SMILES string of the molecule is CCC(N)c1nnc(-c2cccc(Cl)c2C)s1. The lowest BCUT2D eigenvalue weighted by Crippen LogP contribution is -2.07. The van der Waals surface area contributed by atoms with Gasteiger partial charge in [-0.3, -0.25) is 0 Å². The van der Waals surface area contributed by atoms with Crippen LogP contribution in [0.25, 0.3) is 10.6 Å². The van der Waals surface area contributed by atoms with Crippen molar-refractivity contribution in [2.45, 2.75) is 26.3 Å². The van der Waals surface area contributed by atoms with E-state index in [1.807, 2.05) is 32.0 Å². The third kappa shape index (κ3) is 2.49. The Hall–Kier alpha value is -0.970. The molecule has 1 unspecified atom stereocenters. The molecule has 0 amide bonds. The van der Waals surface area contributed by atoms with Crippen LogP contribution < -0.4 is 5.73 Å². The molecule has 17 heavy (non-hydrogen) atoms. The summed E-state index contributed by atoms with van der Waals surface area (Å²) in [6.45, 7) is 4.02. The first-order valence-electron chi connectivity index (χ1n) is 5.48. The van der Waals surface area contributed by atoms with Gasteiger partial charge >= 0.3 is 0 Å². The molecule has 0 saturated heterocycles. The highest BCUT2D eigenvalue weighted by Gasteiger charge is 2.13. The maximum absolute atomic E-state index is 6.09. The van der Waals surface area contributed by atoms with Gasteiger partial charge in [0, 0.05) is 10.6 Å². The predicted octanol–water partition coefficient (Wildman–Crippen LogP) is 3.58. The third-order valence-electron chi connectivity index (χ3n) is 2.70. The van der Waals surface area contributed by atoms with E-state index in [1.54, 1.807) is 0 Å². The second kappa shape index (κ2) is 5.12. The molecule has 0 aliphatic rings. The molecule has 0 aliphatic carbocycles. The summed E-state index contributed by atoms with van der Waals surface area (Å²) in [5.41, 5.74) is 8.00. The summed E-state index contributed by atoms with van der Waals surface area (Å²) in [4.78, 5) is 0. The summed E-state index contributed by atoms with van der Waals surface area (Å²) in [5.74, 6) is 0. The molecule has 0 bridgehead atoms. The topological polar surface area (TPSA) is 51.8 Å². The molecule has 0 aliphatic heterocycles. The fourth-order valence-electron chi connectivity index (χ4n) is 1.51. The van der Waals surface area contributed by atoms with Gasteiger partial charge in [-0.05, 0) is 25.0 Å². The van der Waals surface area contributed by atoms with Gasteiger partial charge in [0.25, 0.3) is 0 Å². The van der Waals surface area contributed by atoms with Crippen LogP contribution in [-0.2, 0) is 0 Å². The maximum atomic E-state index is 6.09. The van der Waals surface area contributed by atoms with Crippen LogP contribution in [0.4, 0.5) is 0 Å². The Bertz CT molecular complexity index is 524. The van der Waals surface area contributed by atoms with Crippen LogP contribution in [0.1, 0.15) is 30.0 Å². The normalized spacial score (nSPS) is 12.7. The first-order chi connectivity index (χ1) is 8.13. The molecular formula is C12H14ClN3S. The molecule has 0 spiro atoms. The Balaban J connectivity index is 2.40. The van der Waals surface area contributed by atoms with Crippen molar-refractivity contribution in [1.82, 2.24) is 10.2 Å². The van der Waals surface area contributed by atoms with Gasteiger partial charge in [0.1, 0.15) is 10.0 Å². The van der Waals surface area contributed by atoms with Crippen molar-refractivity contribution in [3.63, 3.8) is 0 Å². The van der Waals surface area contributed by atoms with Gasteiger partial charge < -0.3 is 5.73 Å². The standard InChI is InChI=1S/C12H14ClN3S/c1-3-10(14)12-16-15-11(17-12)8-5-4-6-9(13)7(8)2/h4-6,10H,3,14H2,1-2H3. The zero-order valence-electron chi connectivity index (χ0n) is 9.77. The minimum Gasteiger partial charge on any atom is -0.322 e. The van der Waals surface area contributed by atoms with E-state index in [4.69, 9.17) is 17.3 Å². The summed E-state index contributed by atoms with van der Waals surface area (Å²) >= 11 is 7.63. The lowest BCUT2D eigenvalue weighted by atomic mass is 10.1. The van der Waals surface area contributed by atoms with Crippen molar-refractivity contribution in [1.29, 1.82) is 0 Å². The minimum atomic E-state index is -0.0271. The fraction of sp³-hybridized carbons (Fsp3) is 0.333. The van der Waals surface area contributed by atoms with Crippen LogP contribution in [-0.4, -0.2) is 10.2 Å². The van der Waals surface area contributed by atoms with Gasteiger partial charge in [-0.15, -0.1) is 10.2 Å². The van der Waals surface area contributed by atoms with Crippen LogP contribution in [0.3, 0.4) is 0 Å². The van der Waals surface area contributed by atoms with E-state index in [0.717, 1.165) is 32.6 Å². The second-order valence-corrected chi connectivity index (χ2v) is 5.29. The van der Waals surface area contributed by atoms with Crippen molar-refractivity contribution in [3.8, 4) is 10.6 Å². The molecule has 2 rings (SSSR count). The molecule has 1 aromatic carbocycles. The highest BCUT2D eigenvalue weighted by molar-refractivity contribution is 7.14. The average molecular weight is 268 g/mol. The number of hydrogen-bond acceptors (Lipinski definition) is 4. The highest BCUT2D eigenvalue weighted by atomic mass is 35.5. The van der Waals surface area contributed by atoms with Gasteiger partial charge in [0.2, 0.25) is 0 Å². The van der Waals surface area contributed by atoms with E-state index in [-0.39, 0.29) is 6.04 Å². The number of hydrogen-bond donors (Lipinski definition) is 1. The van der Waals surface area contributed by atoms with Crippen molar-refractivity contribution < 1.29 is 0 Å². The quantitative estimate of drug-likeness (QED) is 0.925. The molecule has 0 radical (unpaired) electrons. The molecule has 1 heterocycles. The summed E-state index contributed by atoms with van der Waals surface area (Å²) in [6, 6.07) is 5.77. The van der Waals surface area contributed by atoms with Crippen molar-refractivity contribution in [2.75, 3.05) is 0 Å². The number of rotatable bonds is 3. The van der Waals surface area contributed by atoms with E-state index in [0.29, 0.717) is 0 Å². The molecule has 5 heteroatoms. The van der Waals surface area contributed by atoms with Crippen LogP contribution in [0.2, 0.25) is 5.02 Å². The Labute approximate surface area is 110 Å². The Morgan fingerprint density at radius 1 is 1.41 bits per heavy atom. The largest absolute Gasteiger partial charge is 0.322 e. The van der Waals surface area contributed by atoms with Crippen LogP contribution in [0.5, 0.6) is 0 Å². The first kappa shape index (κ1) is 12.5. The molecule has 2 N–H and O–H groups in total. The van der Waals surface area contributed by atoms with Crippen molar-refractivity contribution in [2.24, 2.45) is 5.73 Å². The van der Waals surface area contributed by atoms with E-state index in [2.05, 4.69) is 10.2 Å². The number of benzene rings is 1. The molecule has 90 valence electrons. The summed E-state index contributed by atoms with van der Waals surface area (Å²) in [5, 5.41) is 10.8. The molecule has 2 aromatic rings. The number of halogens is 1. The molecule has 0 fully saturated rings. The Morgan fingerprint density at radius 2 is 2.18 bits per heavy atom. The van der Waals surface area contributed by atoms with Crippen LogP contribution in [0, 0.1) is 6.92 Å². The minimum absolute atomic E-state index is 0.0271. The second-order valence-electron chi connectivity index (χ2n) is 3.87. The Kier molecular flexibility index (Phi) is 3.76. The zero-order chi connectivity index (χ0) is 12.4. The summed E-state index contributed by atoms with van der Waals surface area (Å²) < 4.78 is 0. The third-order valence-corrected chi connectivity index (χ3v) is 4.19. The molecule has 1 aromatic heterocycles. The van der Waals surface area contributed by atoms with Crippen LogP contribution >= 0.6 is 22.9 Å². The molecule has 1 atom stereocenters.